The van der Waals surface area contributed by atoms with Crippen molar-refractivity contribution in [1.29, 1.82) is 0 Å². The molecule has 0 aromatic carbocycles. The second-order valence-electron chi connectivity index (χ2n) is 8.45. The summed E-state index contributed by atoms with van der Waals surface area (Å²) in [5, 5.41) is 11.6. The predicted molar refractivity (Wildman–Crippen MR) is 114 cm³/mol. The number of unbranched alkanes of at least 4 members (excludes halogenated alkanes) is 11. The van der Waals surface area contributed by atoms with E-state index >= 15 is 0 Å². The number of amides is 1. The van der Waals surface area contributed by atoms with Gasteiger partial charge in [0.25, 0.3) is 0 Å². The van der Waals surface area contributed by atoms with Gasteiger partial charge in [-0.1, -0.05) is 97.8 Å². The van der Waals surface area contributed by atoms with E-state index in [1.165, 1.54) is 70.6 Å². The Morgan fingerprint density at radius 1 is 0.778 bits per heavy atom. The first-order valence-electron chi connectivity index (χ1n) is 11.5. The molecule has 0 bridgehead atoms. The van der Waals surface area contributed by atoms with Crippen LogP contribution in [0.4, 0.5) is 0 Å². The molecule has 1 atom stereocenters. The molecule has 1 unspecified atom stereocenters. The second kappa shape index (κ2) is 18.3. The van der Waals surface area contributed by atoms with Crippen molar-refractivity contribution < 1.29 is 14.7 Å². The van der Waals surface area contributed by atoms with E-state index < -0.39 is 5.97 Å². The first-order valence-corrected chi connectivity index (χ1v) is 11.5. The Hall–Kier alpha value is -1.06. The molecule has 27 heavy (non-hydrogen) atoms. The van der Waals surface area contributed by atoms with Gasteiger partial charge in [-0.05, 0) is 18.8 Å². The molecule has 0 aromatic rings. The molecule has 4 nitrogen and oxygen atoms in total. The van der Waals surface area contributed by atoms with Crippen LogP contribution in [0.2, 0.25) is 0 Å². The van der Waals surface area contributed by atoms with Crippen molar-refractivity contribution in [3.63, 3.8) is 0 Å². The summed E-state index contributed by atoms with van der Waals surface area (Å²) in [5.74, 6) is -0.00524. The number of carboxylic acids is 1. The molecule has 0 heterocycles. The fourth-order valence-electron chi connectivity index (χ4n) is 3.41. The Balaban J connectivity index is 3.33. The Morgan fingerprint density at radius 2 is 1.22 bits per heavy atom. The predicted octanol–water partition coefficient (Wildman–Crippen LogP) is 6.47. The number of aliphatic carboxylic acids is 1. The second-order valence-corrected chi connectivity index (χ2v) is 8.45. The van der Waals surface area contributed by atoms with Crippen LogP contribution >= 0.6 is 0 Å². The van der Waals surface area contributed by atoms with Gasteiger partial charge in [-0.25, -0.2) is 0 Å². The summed E-state index contributed by atoms with van der Waals surface area (Å²) in [5.41, 5.74) is 0. The molecule has 0 aliphatic rings. The maximum atomic E-state index is 11.8. The number of carbonyl (C=O) groups excluding carboxylic acids is 1. The molecule has 0 fully saturated rings. The lowest BCUT2D eigenvalue weighted by Gasteiger charge is -2.14. The minimum Gasteiger partial charge on any atom is -0.481 e. The first-order chi connectivity index (χ1) is 13.0. The Kier molecular flexibility index (Phi) is 17.6. The number of rotatable bonds is 19. The lowest BCUT2D eigenvalue weighted by atomic mass is 10.0. The topological polar surface area (TPSA) is 66.4 Å². The van der Waals surface area contributed by atoms with E-state index in [2.05, 4.69) is 19.2 Å². The molecule has 160 valence electrons. The van der Waals surface area contributed by atoms with Crippen LogP contribution in [0.1, 0.15) is 124 Å². The van der Waals surface area contributed by atoms with Gasteiger partial charge in [-0.3, -0.25) is 9.59 Å². The average molecular weight is 384 g/mol. The molecule has 2 N–H and O–H groups in total. The number of carbonyl (C=O) groups is 2. The molecular formula is C23H45NO3. The molecule has 1 amide bonds. The van der Waals surface area contributed by atoms with Crippen molar-refractivity contribution in [2.45, 2.75) is 130 Å². The van der Waals surface area contributed by atoms with Crippen LogP contribution in [-0.2, 0) is 9.59 Å². The van der Waals surface area contributed by atoms with Crippen LogP contribution in [-0.4, -0.2) is 23.0 Å². The van der Waals surface area contributed by atoms with Crippen LogP contribution in [0.3, 0.4) is 0 Å². The van der Waals surface area contributed by atoms with E-state index in [0.717, 1.165) is 18.8 Å². The van der Waals surface area contributed by atoms with E-state index in [1.54, 1.807) is 0 Å². The molecule has 4 heteroatoms. The van der Waals surface area contributed by atoms with Gasteiger partial charge >= 0.3 is 5.97 Å². The zero-order valence-electron chi connectivity index (χ0n) is 18.2. The van der Waals surface area contributed by atoms with Gasteiger partial charge < -0.3 is 10.4 Å². The van der Waals surface area contributed by atoms with Crippen molar-refractivity contribution in [1.82, 2.24) is 5.32 Å². The summed E-state index contributed by atoms with van der Waals surface area (Å²) in [6.07, 6.45) is 18.1. The molecule has 0 saturated carbocycles. The molecular weight excluding hydrogens is 338 g/mol. The van der Waals surface area contributed by atoms with E-state index in [9.17, 15) is 9.59 Å². The van der Waals surface area contributed by atoms with Crippen molar-refractivity contribution >= 4 is 11.9 Å². The lowest BCUT2D eigenvalue weighted by molar-refractivity contribution is -0.137. The monoisotopic (exact) mass is 383 g/mol. The van der Waals surface area contributed by atoms with Crippen LogP contribution < -0.4 is 5.32 Å². The third kappa shape index (κ3) is 19.5. The molecule has 0 aliphatic carbocycles. The summed E-state index contributed by atoms with van der Waals surface area (Å²) in [7, 11) is 0. The third-order valence-corrected chi connectivity index (χ3v) is 5.21. The number of hydrogen-bond acceptors (Lipinski definition) is 2. The van der Waals surface area contributed by atoms with Crippen molar-refractivity contribution in [2.75, 3.05) is 0 Å². The highest BCUT2D eigenvalue weighted by Crippen LogP contribution is 2.14. The summed E-state index contributed by atoms with van der Waals surface area (Å²) in [6, 6.07) is -0.231. The highest BCUT2D eigenvalue weighted by molar-refractivity contribution is 5.77. The largest absolute Gasteiger partial charge is 0.481 e. The first kappa shape index (κ1) is 25.9. The fraction of sp³-hybridized carbons (Fsp3) is 0.913. The van der Waals surface area contributed by atoms with Crippen molar-refractivity contribution in [3.8, 4) is 0 Å². The highest BCUT2D eigenvalue weighted by Gasteiger charge is 2.13. The Labute approximate surface area is 167 Å². The van der Waals surface area contributed by atoms with Gasteiger partial charge in [0, 0.05) is 12.5 Å². The quantitative estimate of drug-likeness (QED) is 0.251. The molecule has 0 rings (SSSR count). The van der Waals surface area contributed by atoms with E-state index in [4.69, 9.17) is 5.11 Å². The minimum absolute atomic E-state index is 0.00325. The number of nitrogens with one attached hydrogen (secondary N) is 1. The lowest BCUT2D eigenvalue weighted by Crippen LogP contribution is -2.35. The van der Waals surface area contributed by atoms with Gasteiger partial charge in [0.1, 0.15) is 0 Å². The normalized spacial score (nSPS) is 12.3. The average Bonchev–Trinajstić information content (AvgIpc) is 2.60. The summed E-state index contributed by atoms with van der Waals surface area (Å²) in [4.78, 5) is 22.5. The van der Waals surface area contributed by atoms with E-state index in [1.807, 2.05) is 6.92 Å². The highest BCUT2D eigenvalue weighted by atomic mass is 16.4. The molecule has 0 aliphatic heterocycles. The van der Waals surface area contributed by atoms with Crippen molar-refractivity contribution in [2.24, 2.45) is 5.92 Å². The summed E-state index contributed by atoms with van der Waals surface area (Å²) < 4.78 is 0. The Morgan fingerprint density at radius 3 is 1.63 bits per heavy atom. The van der Waals surface area contributed by atoms with Crippen molar-refractivity contribution in [3.05, 3.63) is 0 Å². The van der Waals surface area contributed by atoms with Crippen LogP contribution in [0.15, 0.2) is 0 Å². The standard InChI is InChI=1S/C23H45NO3/c1-4-21(19-23(26)27)24-22(25)18-16-14-12-10-8-6-5-7-9-11-13-15-17-20(2)3/h20-21H,4-19H2,1-3H3,(H,24,25)(H,26,27). The fourth-order valence-corrected chi connectivity index (χ4v) is 3.41. The third-order valence-electron chi connectivity index (χ3n) is 5.21. The van der Waals surface area contributed by atoms with E-state index in [0.29, 0.717) is 12.8 Å². The van der Waals surface area contributed by atoms with Gasteiger partial charge in [-0.15, -0.1) is 0 Å². The zero-order chi connectivity index (χ0) is 20.3. The maximum Gasteiger partial charge on any atom is 0.305 e. The van der Waals surface area contributed by atoms with E-state index in [-0.39, 0.29) is 18.4 Å². The maximum absolute atomic E-state index is 11.8. The molecule has 0 spiro atoms. The minimum atomic E-state index is -0.853. The Bertz CT molecular complexity index is 369. The SMILES string of the molecule is CCC(CC(=O)O)NC(=O)CCCCCCCCCCCCCCC(C)C. The number of hydrogen-bond donors (Lipinski definition) is 2. The van der Waals surface area contributed by atoms with Crippen LogP contribution in [0.5, 0.6) is 0 Å². The zero-order valence-corrected chi connectivity index (χ0v) is 18.2. The summed E-state index contributed by atoms with van der Waals surface area (Å²) >= 11 is 0. The van der Waals surface area contributed by atoms with Gasteiger partial charge in [0.2, 0.25) is 5.91 Å². The smallest absolute Gasteiger partial charge is 0.305 e. The molecule has 0 aromatic heterocycles. The van der Waals surface area contributed by atoms with Gasteiger partial charge in [0.15, 0.2) is 0 Å². The van der Waals surface area contributed by atoms with Crippen LogP contribution in [0.25, 0.3) is 0 Å². The molecule has 0 radical (unpaired) electrons. The van der Waals surface area contributed by atoms with Gasteiger partial charge in [-0.2, -0.15) is 0 Å². The van der Waals surface area contributed by atoms with Gasteiger partial charge in [0.05, 0.1) is 6.42 Å². The van der Waals surface area contributed by atoms with Crippen LogP contribution in [0, 0.1) is 5.92 Å². The summed E-state index contributed by atoms with van der Waals surface area (Å²) in [6.45, 7) is 6.51. The number of carboxylic acid groups (broad SMARTS) is 1. The molecule has 0 saturated heterocycles.